The van der Waals surface area contributed by atoms with Crippen LogP contribution in [-0.4, -0.2) is 14.5 Å². The fraction of sp³-hybridized carbons (Fsp3) is 0.462. The first kappa shape index (κ1) is 12.2. The van der Waals surface area contributed by atoms with Crippen molar-refractivity contribution in [2.45, 2.75) is 40.4 Å². The summed E-state index contributed by atoms with van der Waals surface area (Å²) in [5, 5.41) is 0. The largest absolute Gasteiger partial charge is 0.329 e. The summed E-state index contributed by atoms with van der Waals surface area (Å²) in [5.41, 5.74) is 5.28. The van der Waals surface area contributed by atoms with Crippen LogP contribution in [-0.2, 0) is 0 Å². The minimum atomic E-state index is -1.33. The number of aryl methyl sites for hydroxylation is 3. The van der Waals surface area contributed by atoms with E-state index in [-0.39, 0.29) is 0 Å². The van der Waals surface area contributed by atoms with Gasteiger partial charge in [0.25, 0.3) is 0 Å². The SMILES string of the molecule is Cc1cc(C)c(/C=N/[Si](C)(C)C)c(C)c1. The molecule has 0 aliphatic rings. The first-order valence-electron chi connectivity index (χ1n) is 5.43. The smallest absolute Gasteiger partial charge is 0.172 e. The van der Waals surface area contributed by atoms with Crippen molar-refractivity contribution in [3.8, 4) is 0 Å². The van der Waals surface area contributed by atoms with Crippen molar-refractivity contribution in [3.63, 3.8) is 0 Å². The van der Waals surface area contributed by atoms with Crippen molar-refractivity contribution in [2.75, 3.05) is 0 Å². The van der Waals surface area contributed by atoms with Crippen LogP contribution >= 0.6 is 0 Å². The molecular weight excluding hydrogens is 198 g/mol. The van der Waals surface area contributed by atoms with Crippen LogP contribution in [0.3, 0.4) is 0 Å². The van der Waals surface area contributed by atoms with E-state index in [1.807, 2.05) is 0 Å². The first-order chi connectivity index (χ1) is 6.79. The zero-order valence-electron chi connectivity index (χ0n) is 10.7. The summed E-state index contributed by atoms with van der Waals surface area (Å²) >= 11 is 0. The highest BCUT2D eigenvalue weighted by Gasteiger charge is 2.10. The fourth-order valence-corrected chi connectivity index (χ4v) is 2.17. The molecule has 0 fully saturated rings. The second kappa shape index (κ2) is 4.31. The van der Waals surface area contributed by atoms with Crippen molar-refractivity contribution >= 4 is 14.5 Å². The summed E-state index contributed by atoms with van der Waals surface area (Å²) in [5.74, 6) is 0. The lowest BCUT2D eigenvalue weighted by atomic mass is 10.0. The Hall–Kier alpha value is -0.893. The van der Waals surface area contributed by atoms with Crippen LogP contribution in [0.15, 0.2) is 16.8 Å². The topological polar surface area (TPSA) is 12.4 Å². The van der Waals surface area contributed by atoms with Crippen molar-refractivity contribution in [1.82, 2.24) is 0 Å². The molecule has 1 aromatic carbocycles. The Kier molecular flexibility index (Phi) is 3.50. The molecule has 0 aliphatic carbocycles. The number of nitrogens with zero attached hydrogens (tertiary/aromatic N) is 1. The van der Waals surface area contributed by atoms with Gasteiger partial charge < -0.3 is 4.66 Å². The van der Waals surface area contributed by atoms with E-state index >= 15 is 0 Å². The molecule has 0 heterocycles. The van der Waals surface area contributed by atoms with Gasteiger partial charge in [-0.05, 0) is 57.1 Å². The molecular formula is C13H21NSi. The highest BCUT2D eigenvalue weighted by molar-refractivity contribution is 6.75. The van der Waals surface area contributed by atoms with Crippen molar-refractivity contribution < 1.29 is 0 Å². The van der Waals surface area contributed by atoms with Gasteiger partial charge in [-0.2, -0.15) is 0 Å². The van der Waals surface area contributed by atoms with Crippen LogP contribution < -0.4 is 0 Å². The first-order valence-corrected chi connectivity index (χ1v) is 8.87. The maximum atomic E-state index is 4.69. The fourth-order valence-electron chi connectivity index (χ4n) is 1.65. The molecule has 2 heteroatoms. The molecule has 82 valence electrons. The monoisotopic (exact) mass is 219 g/mol. The quantitative estimate of drug-likeness (QED) is 0.529. The minimum absolute atomic E-state index is 1.29. The van der Waals surface area contributed by atoms with E-state index < -0.39 is 8.24 Å². The Morgan fingerprint density at radius 3 is 1.87 bits per heavy atom. The van der Waals surface area contributed by atoms with Gasteiger partial charge in [0, 0.05) is 6.21 Å². The van der Waals surface area contributed by atoms with Crippen LogP contribution in [0.2, 0.25) is 19.6 Å². The molecule has 0 radical (unpaired) electrons. The molecule has 0 atom stereocenters. The van der Waals surface area contributed by atoms with Gasteiger partial charge in [-0.25, -0.2) is 0 Å². The lowest BCUT2D eigenvalue weighted by molar-refractivity contribution is 1.30. The summed E-state index contributed by atoms with van der Waals surface area (Å²) in [6.07, 6.45) is 2.07. The molecule has 0 amide bonds. The number of rotatable bonds is 2. The van der Waals surface area contributed by atoms with E-state index in [4.69, 9.17) is 4.66 Å². The Labute approximate surface area is 94.3 Å². The molecule has 0 spiro atoms. The molecule has 0 aromatic heterocycles. The highest BCUT2D eigenvalue weighted by Crippen LogP contribution is 2.15. The van der Waals surface area contributed by atoms with E-state index in [1.165, 1.54) is 22.3 Å². The molecule has 0 aliphatic heterocycles. The Bertz CT molecular complexity index is 363. The van der Waals surface area contributed by atoms with Gasteiger partial charge in [0.15, 0.2) is 8.24 Å². The number of benzene rings is 1. The lowest BCUT2D eigenvalue weighted by Crippen LogP contribution is -2.16. The summed E-state index contributed by atoms with van der Waals surface area (Å²) in [4.78, 5) is 0. The molecule has 0 bridgehead atoms. The van der Waals surface area contributed by atoms with E-state index in [9.17, 15) is 0 Å². The van der Waals surface area contributed by atoms with Gasteiger partial charge in [-0.15, -0.1) is 0 Å². The summed E-state index contributed by atoms with van der Waals surface area (Å²) in [6, 6.07) is 4.44. The Morgan fingerprint density at radius 2 is 1.47 bits per heavy atom. The Morgan fingerprint density at radius 1 is 1.00 bits per heavy atom. The second-order valence-electron chi connectivity index (χ2n) is 5.24. The maximum Gasteiger partial charge on any atom is 0.172 e. The third kappa shape index (κ3) is 3.63. The van der Waals surface area contributed by atoms with E-state index in [2.05, 4.69) is 58.8 Å². The van der Waals surface area contributed by atoms with E-state index in [1.54, 1.807) is 0 Å². The maximum absolute atomic E-state index is 4.69. The molecule has 15 heavy (non-hydrogen) atoms. The normalized spacial score (nSPS) is 12.4. The van der Waals surface area contributed by atoms with Crippen LogP contribution in [0.5, 0.6) is 0 Å². The van der Waals surface area contributed by atoms with Crippen LogP contribution in [0.4, 0.5) is 0 Å². The standard InChI is InChI=1S/C13H21NSi/c1-10-7-11(2)13(12(3)8-10)9-14-15(4,5)6/h7-9H,1-6H3/b14-9+. The highest BCUT2D eigenvalue weighted by atomic mass is 28.3. The molecule has 1 rings (SSSR count). The summed E-state index contributed by atoms with van der Waals surface area (Å²) in [6.45, 7) is 13.2. The van der Waals surface area contributed by atoms with Gasteiger partial charge in [0.1, 0.15) is 0 Å². The van der Waals surface area contributed by atoms with Crippen LogP contribution in [0.25, 0.3) is 0 Å². The molecule has 0 unspecified atom stereocenters. The molecule has 0 saturated heterocycles. The molecule has 1 aromatic rings. The third-order valence-corrected chi connectivity index (χ3v) is 3.22. The van der Waals surface area contributed by atoms with E-state index in [0.717, 1.165) is 0 Å². The second-order valence-corrected chi connectivity index (χ2v) is 9.84. The minimum Gasteiger partial charge on any atom is -0.329 e. The van der Waals surface area contributed by atoms with E-state index in [0.29, 0.717) is 0 Å². The van der Waals surface area contributed by atoms with Crippen LogP contribution in [0, 0.1) is 20.8 Å². The van der Waals surface area contributed by atoms with Crippen molar-refractivity contribution in [3.05, 3.63) is 34.4 Å². The van der Waals surface area contributed by atoms with Gasteiger partial charge >= 0.3 is 0 Å². The average molecular weight is 219 g/mol. The summed E-state index contributed by atoms with van der Waals surface area (Å²) in [7, 11) is -1.33. The van der Waals surface area contributed by atoms with Gasteiger partial charge in [-0.3, -0.25) is 0 Å². The predicted octanol–water partition coefficient (Wildman–Crippen LogP) is 3.87. The van der Waals surface area contributed by atoms with Crippen molar-refractivity contribution in [2.24, 2.45) is 4.66 Å². The number of hydrogen-bond acceptors (Lipinski definition) is 1. The molecule has 0 saturated carbocycles. The van der Waals surface area contributed by atoms with Crippen molar-refractivity contribution in [1.29, 1.82) is 0 Å². The Balaban J connectivity index is 3.11. The lowest BCUT2D eigenvalue weighted by Gasteiger charge is -2.11. The zero-order valence-corrected chi connectivity index (χ0v) is 11.7. The van der Waals surface area contributed by atoms with Gasteiger partial charge in [-0.1, -0.05) is 17.7 Å². The molecule has 0 N–H and O–H groups in total. The summed E-state index contributed by atoms with van der Waals surface area (Å²) < 4.78 is 4.69. The zero-order chi connectivity index (χ0) is 11.6. The third-order valence-electron chi connectivity index (χ3n) is 2.32. The number of hydrogen-bond donors (Lipinski definition) is 0. The predicted molar refractivity (Wildman–Crippen MR) is 71.6 cm³/mol. The van der Waals surface area contributed by atoms with Gasteiger partial charge in [0.05, 0.1) is 0 Å². The van der Waals surface area contributed by atoms with Gasteiger partial charge in [0.2, 0.25) is 0 Å². The van der Waals surface area contributed by atoms with Crippen LogP contribution in [0.1, 0.15) is 22.3 Å². The molecule has 1 nitrogen and oxygen atoms in total. The average Bonchev–Trinajstić information content (AvgIpc) is 1.99.